The van der Waals surface area contributed by atoms with Crippen LogP contribution < -0.4 is 10.1 Å². The van der Waals surface area contributed by atoms with E-state index in [2.05, 4.69) is 17.2 Å². The highest BCUT2D eigenvalue weighted by atomic mass is 16.5. The zero-order valence-corrected chi connectivity index (χ0v) is 22.7. The summed E-state index contributed by atoms with van der Waals surface area (Å²) >= 11 is 0. The minimum Gasteiger partial charge on any atom is -0.497 e. The van der Waals surface area contributed by atoms with Crippen molar-refractivity contribution in [2.24, 2.45) is 0 Å². The van der Waals surface area contributed by atoms with Gasteiger partial charge in [0, 0.05) is 17.2 Å². The number of hydrogen-bond donors (Lipinski definition) is 3. The maximum atomic E-state index is 13.3. The number of amides is 1. The summed E-state index contributed by atoms with van der Waals surface area (Å²) in [6, 6.07) is 25.9. The van der Waals surface area contributed by atoms with Crippen molar-refractivity contribution < 1.29 is 19.4 Å². The molecule has 0 saturated heterocycles. The van der Waals surface area contributed by atoms with Crippen LogP contribution in [0.2, 0.25) is 0 Å². The molecule has 5 aromatic rings. The SMILES string of the molecule is CCCC(NC(=O)c1ccc(-c2c(C)cccc2-c2nc3cc(OC)ccc3[nH]2)c(C(=O)O)c1)c1ccccc1. The number of aromatic nitrogens is 2. The monoisotopic (exact) mass is 533 g/mol. The van der Waals surface area contributed by atoms with E-state index in [1.807, 2.05) is 73.7 Å². The number of carboxylic acids is 1. The van der Waals surface area contributed by atoms with Crippen molar-refractivity contribution in [3.8, 4) is 28.3 Å². The molecule has 0 fully saturated rings. The van der Waals surface area contributed by atoms with Crippen LogP contribution >= 0.6 is 0 Å². The maximum absolute atomic E-state index is 13.3. The molecule has 1 heterocycles. The Hall–Kier alpha value is -4.91. The number of H-pyrrole nitrogens is 1. The van der Waals surface area contributed by atoms with E-state index in [1.54, 1.807) is 19.2 Å². The molecule has 0 aliphatic rings. The molecule has 7 heteroatoms. The number of methoxy groups -OCH3 is 1. The van der Waals surface area contributed by atoms with Crippen LogP contribution in [0, 0.1) is 6.92 Å². The molecule has 1 unspecified atom stereocenters. The number of hydrogen-bond acceptors (Lipinski definition) is 4. The number of aromatic carboxylic acids is 1. The molecule has 1 amide bonds. The Morgan fingerprint density at radius 1 is 0.975 bits per heavy atom. The van der Waals surface area contributed by atoms with Gasteiger partial charge in [-0.25, -0.2) is 9.78 Å². The van der Waals surface area contributed by atoms with Crippen LogP contribution in [0.1, 0.15) is 57.7 Å². The van der Waals surface area contributed by atoms with E-state index in [-0.39, 0.29) is 17.5 Å². The average Bonchev–Trinajstić information content (AvgIpc) is 3.40. The number of rotatable bonds is 9. The second-order valence-electron chi connectivity index (χ2n) is 9.76. The minimum absolute atomic E-state index is 0.0488. The van der Waals surface area contributed by atoms with Gasteiger partial charge in [0.2, 0.25) is 0 Å². The summed E-state index contributed by atoms with van der Waals surface area (Å²) in [5, 5.41) is 13.3. The molecule has 0 spiro atoms. The van der Waals surface area contributed by atoms with Crippen LogP contribution in [-0.4, -0.2) is 34.1 Å². The van der Waals surface area contributed by atoms with Gasteiger partial charge in [-0.1, -0.05) is 67.9 Å². The van der Waals surface area contributed by atoms with E-state index in [0.717, 1.165) is 46.1 Å². The number of ether oxygens (including phenoxy) is 1. The van der Waals surface area contributed by atoms with Crippen molar-refractivity contribution in [1.29, 1.82) is 0 Å². The summed E-state index contributed by atoms with van der Waals surface area (Å²) in [6.07, 6.45) is 1.67. The van der Waals surface area contributed by atoms with Gasteiger partial charge in [0.05, 0.1) is 29.7 Å². The fraction of sp³-hybridized carbons (Fsp3) is 0.182. The molecule has 1 aromatic heterocycles. The maximum Gasteiger partial charge on any atom is 0.336 e. The molecule has 0 radical (unpaired) electrons. The lowest BCUT2D eigenvalue weighted by molar-refractivity contribution is 0.0697. The summed E-state index contributed by atoms with van der Waals surface area (Å²) in [5.41, 5.74) is 5.86. The van der Waals surface area contributed by atoms with Crippen LogP contribution in [0.5, 0.6) is 5.75 Å². The molecule has 0 aliphatic carbocycles. The van der Waals surface area contributed by atoms with Gasteiger partial charge in [0.25, 0.3) is 5.91 Å². The third-order valence-electron chi connectivity index (χ3n) is 7.08. The molecule has 0 bridgehead atoms. The van der Waals surface area contributed by atoms with Crippen molar-refractivity contribution in [3.05, 3.63) is 107 Å². The van der Waals surface area contributed by atoms with E-state index in [4.69, 9.17) is 9.72 Å². The molecule has 40 heavy (non-hydrogen) atoms. The van der Waals surface area contributed by atoms with E-state index in [1.165, 1.54) is 6.07 Å². The summed E-state index contributed by atoms with van der Waals surface area (Å²) in [4.78, 5) is 33.9. The lowest BCUT2D eigenvalue weighted by Crippen LogP contribution is -2.28. The van der Waals surface area contributed by atoms with Gasteiger partial charge in [-0.3, -0.25) is 4.79 Å². The number of carbonyl (C=O) groups excluding carboxylic acids is 1. The molecule has 4 aromatic carbocycles. The van der Waals surface area contributed by atoms with Crippen molar-refractivity contribution >= 4 is 22.9 Å². The second kappa shape index (κ2) is 11.5. The normalized spacial score (nSPS) is 11.8. The quantitative estimate of drug-likeness (QED) is 0.186. The number of imidazole rings is 1. The first-order valence-corrected chi connectivity index (χ1v) is 13.3. The predicted octanol–water partition coefficient (Wildman–Crippen LogP) is 7.18. The van der Waals surface area contributed by atoms with E-state index < -0.39 is 5.97 Å². The highest BCUT2D eigenvalue weighted by Crippen LogP contribution is 2.37. The summed E-state index contributed by atoms with van der Waals surface area (Å²) in [5.74, 6) is -0.107. The number of fused-ring (bicyclic) bond motifs is 1. The molecule has 3 N–H and O–H groups in total. The topological polar surface area (TPSA) is 104 Å². The Morgan fingerprint density at radius 3 is 2.50 bits per heavy atom. The van der Waals surface area contributed by atoms with Gasteiger partial charge in [0.1, 0.15) is 11.6 Å². The third kappa shape index (κ3) is 5.31. The Morgan fingerprint density at radius 2 is 1.77 bits per heavy atom. The van der Waals surface area contributed by atoms with Gasteiger partial charge in [-0.2, -0.15) is 0 Å². The Labute approximate surface area is 232 Å². The minimum atomic E-state index is -1.11. The van der Waals surface area contributed by atoms with Crippen LogP contribution in [-0.2, 0) is 0 Å². The third-order valence-corrected chi connectivity index (χ3v) is 7.08. The largest absolute Gasteiger partial charge is 0.497 e. The second-order valence-corrected chi connectivity index (χ2v) is 9.76. The Bertz CT molecular complexity index is 1690. The van der Waals surface area contributed by atoms with Crippen molar-refractivity contribution in [1.82, 2.24) is 15.3 Å². The highest BCUT2D eigenvalue weighted by molar-refractivity contribution is 6.03. The molecular formula is C33H31N3O4. The summed E-state index contributed by atoms with van der Waals surface area (Å²) in [7, 11) is 1.61. The molecular weight excluding hydrogens is 502 g/mol. The molecule has 0 aliphatic heterocycles. The van der Waals surface area contributed by atoms with Gasteiger partial charge >= 0.3 is 5.97 Å². The van der Waals surface area contributed by atoms with Crippen LogP contribution in [0.4, 0.5) is 0 Å². The zero-order valence-electron chi connectivity index (χ0n) is 22.7. The number of aryl methyl sites for hydroxylation is 1. The number of nitrogens with zero attached hydrogens (tertiary/aromatic N) is 1. The molecule has 0 saturated carbocycles. The molecule has 202 valence electrons. The fourth-order valence-electron chi connectivity index (χ4n) is 5.08. The average molecular weight is 534 g/mol. The smallest absolute Gasteiger partial charge is 0.336 e. The first-order valence-electron chi connectivity index (χ1n) is 13.3. The Balaban J connectivity index is 1.55. The number of carboxylic acid groups (broad SMARTS) is 1. The van der Waals surface area contributed by atoms with Crippen LogP contribution in [0.15, 0.2) is 84.9 Å². The van der Waals surface area contributed by atoms with E-state index in [9.17, 15) is 14.7 Å². The molecule has 7 nitrogen and oxygen atoms in total. The Kier molecular flexibility index (Phi) is 7.64. The van der Waals surface area contributed by atoms with Crippen molar-refractivity contribution in [2.45, 2.75) is 32.7 Å². The summed E-state index contributed by atoms with van der Waals surface area (Å²) < 4.78 is 5.33. The first-order chi connectivity index (χ1) is 19.4. The summed E-state index contributed by atoms with van der Waals surface area (Å²) in [6.45, 7) is 4.00. The van der Waals surface area contributed by atoms with Gasteiger partial charge in [-0.05, 0) is 59.9 Å². The van der Waals surface area contributed by atoms with Crippen LogP contribution in [0.25, 0.3) is 33.5 Å². The van der Waals surface area contributed by atoms with Gasteiger partial charge in [0.15, 0.2) is 0 Å². The number of nitrogens with one attached hydrogen (secondary N) is 2. The predicted molar refractivity (Wildman–Crippen MR) is 157 cm³/mol. The van der Waals surface area contributed by atoms with Gasteiger partial charge < -0.3 is 20.1 Å². The highest BCUT2D eigenvalue weighted by Gasteiger charge is 2.22. The lowest BCUT2D eigenvalue weighted by Gasteiger charge is -2.19. The lowest BCUT2D eigenvalue weighted by atomic mass is 9.90. The van der Waals surface area contributed by atoms with Gasteiger partial charge in [-0.15, -0.1) is 0 Å². The fourth-order valence-corrected chi connectivity index (χ4v) is 5.08. The first kappa shape index (κ1) is 26.7. The van der Waals surface area contributed by atoms with Crippen LogP contribution in [0.3, 0.4) is 0 Å². The standard InChI is InChI=1S/C33H31N3O4/c1-4-9-27(21-11-6-5-7-12-21)36-32(37)22-14-16-24(26(18-22)33(38)39)30-20(2)10-8-13-25(30)31-34-28-17-15-23(40-3)19-29(28)35-31/h5-8,10-19,27H,4,9H2,1-3H3,(H,34,35)(H,36,37)(H,38,39). The van der Waals surface area contributed by atoms with E-state index >= 15 is 0 Å². The van der Waals surface area contributed by atoms with Crippen molar-refractivity contribution in [2.75, 3.05) is 7.11 Å². The van der Waals surface area contributed by atoms with E-state index in [0.29, 0.717) is 22.7 Å². The number of carbonyl (C=O) groups is 2. The number of benzene rings is 4. The number of aromatic amines is 1. The van der Waals surface area contributed by atoms with Crippen molar-refractivity contribution in [3.63, 3.8) is 0 Å². The molecule has 1 atom stereocenters. The zero-order chi connectivity index (χ0) is 28.2. The molecule has 5 rings (SSSR count).